The predicted octanol–water partition coefficient (Wildman–Crippen LogP) is 2.23. The molecule has 2 amide bonds. The van der Waals surface area contributed by atoms with Crippen LogP contribution in [0.2, 0.25) is 5.02 Å². The van der Waals surface area contributed by atoms with Gasteiger partial charge in [-0.05, 0) is 54.1 Å². The summed E-state index contributed by atoms with van der Waals surface area (Å²) in [5.74, 6) is -0.0517. The fourth-order valence-electron chi connectivity index (χ4n) is 1.77. The van der Waals surface area contributed by atoms with Crippen LogP contribution in [-0.2, 0) is 4.79 Å². The Morgan fingerprint density at radius 1 is 1.12 bits per heavy atom. The summed E-state index contributed by atoms with van der Waals surface area (Å²) in [7, 11) is 1.58. The quantitative estimate of drug-likeness (QED) is 0.622. The van der Waals surface area contributed by atoms with Gasteiger partial charge in [-0.3, -0.25) is 9.59 Å². The Morgan fingerprint density at radius 2 is 1.79 bits per heavy atom. The van der Waals surface area contributed by atoms with Crippen LogP contribution in [0, 0.1) is 0 Å². The summed E-state index contributed by atoms with van der Waals surface area (Å²) >= 11 is 5.75. The Morgan fingerprint density at radius 3 is 2.42 bits per heavy atom. The molecule has 0 fully saturated rings. The Hall–Kier alpha value is -2.86. The molecule has 0 heterocycles. The molecule has 0 aliphatic carbocycles. The minimum atomic E-state index is -0.429. The number of halogens is 1. The number of benzene rings is 2. The van der Waals surface area contributed by atoms with Gasteiger partial charge in [0.2, 0.25) is 0 Å². The van der Waals surface area contributed by atoms with E-state index in [0.717, 1.165) is 11.3 Å². The van der Waals surface area contributed by atoms with E-state index in [1.165, 1.54) is 6.21 Å². The highest BCUT2D eigenvalue weighted by molar-refractivity contribution is 6.30. The molecule has 0 aliphatic heterocycles. The lowest BCUT2D eigenvalue weighted by Gasteiger charge is -2.04. The van der Waals surface area contributed by atoms with E-state index in [1.54, 1.807) is 55.6 Å². The molecule has 2 aromatic rings. The van der Waals surface area contributed by atoms with Gasteiger partial charge < -0.3 is 10.1 Å². The van der Waals surface area contributed by atoms with Crippen LogP contribution in [0.4, 0.5) is 0 Å². The molecule has 2 aromatic carbocycles. The highest BCUT2D eigenvalue weighted by atomic mass is 35.5. The second-order valence-electron chi connectivity index (χ2n) is 4.76. The molecule has 2 N–H and O–H groups in total. The van der Waals surface area contributed by atoms with Crippen molar-refractivity contribution in [3.8, 4) is 5.75 Å². The molecule has 0 saturated carbocycles. The van der Waals surface area contributed by atoms with Crippen LogP contribution in [0.3, 0.4) is 0 Å². The molecule has 0 aliphatic rings. The van der Waals surface area contributed by atoms with Gasteiger partial charge in [0, 0.05) is 10.6 Å². The van der Waals surface area contributed by atoms with E-state index in [1.807, 2.05) is 0 Å². The lowest BCUT2D eigenvalue weighted by atomic mass is 10.2. The number of methoxy groups -OCH3 is 1. The number of hydrogen-bond donors (Lipinski definition) is 2. The van der Waals surface area contributed by atoms with Crippen molar-refractivity contribution in [1.29, 1.82) is 0 Å². The Labute approximate surface area is 144 Å². The zero-order valence-corrected chi connectivity index (χ0v) is 13.7. The number of hydrogen-bond acceptors (Lipinski definition) is 4. The van der Waals surface area contributed by atoms with Crippen molar-refractivity contribution in [2.75, 3.05) is 13.7 Å². The van der Waals surface area contributed by atoms with Crippen LogP contribution in [0.25, 0.3) is 0 Å². The molecule has 0 bridgehead atoms. The fourth-order valence-corrected chi connectivity index (χ4v) is 1.90. The molecule has 124 valence electrons. The van der Waals surface area contributed by atoms with Gasteiger partial charge in [0.25, 0.3) is 11.8 Å². The fraction of sp³-hybridized carbons (Fsp3) is 0.118. The Bertz CT molecular complexity index is 728. The minimum Gasteiger partial charge on any atom is -0.497 e. The lowest BCUT2D eigenvalue weighted by molar-refractivity contribution is -0.120. The number of rotatable bonds is 6. The maximum atomic E-state index is 11.8. The zero-order chi connectivity index (χ0) is 17.4. The largest absolute Gasteiger partial charge is 0.497 e. The van der Waals surface area contributed by atoms with Crippen LogP contribution in [-0.4, -0.2) is 31.7 Å². The third kappa shape index (κ3) is 5.40. The second-order valence-corrected chi connectivity index (χ2v) is 5.19. The molecule has 0 aromatic heterocycles. The van der Waals surface area contributed by atoms with E-state index in [0.29, 0.717) is 10.6 Å². The molecule has 0 radical (unpaired) electrons. The molecule has 2 rings (SSSR count). The third-order valence-electron chi connectivity index (χ3n) is 3.03. The van der Waals surface area contributed by atoms with Gasteiger partial charge in [0.15, 0.2) is 0 Å². The van der Waals surface area contributed by atoms with E-state index in [4.69, 9.17) is 16.3 Å². The van der Waals surface area contributed by atoms with Gasteiger partial charge in [-0.25, -0.2) is 5.43 Å². The van der Waals surface area contributed by atoms with Crippen LogP contribution < -0.4 is 15.5 Å². The molecule has 0 atom stereocenters. The van der Waals surface area contributed by atoms with Crippen LogP contribution in [0.1, 0.15) is 15.9 Å². The number of nitrogens with zero attached hydrogens (tertiary/aromatic N) is 1. The van der Waals surface area contributed by atoms with Gasteiger partial charge >= 0.3 is 0 Å². The predicted molar refractivity (Wildman–Crippen MR) is 92.5 cm³/mol. The number of ether oxygens (including phenoxy) is 1. The van der Waals surface area contributed by atoms with Gasteiger partial charge in [-0.2, -0.15) is 5.10 Å². The van der Waals surface area contributed by atoms with Crippen molar-refractivity contribution in [2.24, 2.45) is 5.10 Å². The van der Waals surface area contributed by atoms with Gasteiger partial charge in [0.1, 0.15) is 5.75 Å². The Kier molecular flexibility index (Phi) is 6.33. The lowest BCUT2D eigenvalue weighted by Crippen LogP contribution is -2.34. The summed E-state index contributed by atoms with van der Waals surface area (Å²) in [6.45, 7) is -0.179. The molecule has 0 spiro atoms. The molecular weight excluding hydrogens is 330 g/mol. The highest BCUT2D eigenvalue weighted by Gasteiger charge is 2.07. The summed E-state index contributed by atoms with van der Waals surface area (Å²) in [4.78, 5) is 23.5. The summed E-state index contributed by atoms with van der Waals surface area (Å²) < 4.78 is 5.05. The van der Waals surface area contributed by atoms with Crippen molar-refractivity contribution in [3.05, 3.63) is 64.7 Å². The van der Waals surface area contributed by atoms with Crippen molar-refractivity contribution < 1.29 is 14.3 Å². The average Bonchev–Trinajstić information content (AvgIpc) is 2.61. The molecular formula is C17H16ClN3O3. The Balaban J connectivity index is 1.77. The number of nitrogens with one attached hydrogen (secondary N) is 2. The zero-order valence-electron chi connectivity index (χ0n) is 13.0. The summed E-state index contributed by atoms with van der Waals surface area (Å²) in [5.41, 5.74) is 3.57. The molecule has 6 nitrogen and oxygen atoms in total. The number of carbonyl (C=O) groups excluding carboxylic acids is 2. The van der Waals surface area contributed by atoms with E-state index >= 15 is 0 Å². The molecule has 0 saturated heterocycles. The molecule has 0 unspecified atom stereocenters. The van der Waals surface area contributed by atoms with Crippen molar-refractivity contribution in [3.63, 3.8) is 0 Å². The van der Waals surface area contributed by atoms with Crippen molar-refractivity contribution in [1.82, 2.24) is 10.7 Å². The van der Waals surface area contributed by atoms with E-state index in [2.05, 4.69) is 15.8 Å². The monoisotopic (exact) mass is 345 g/mol. The summed E-state index contributed by atoms with van der Waals surface area (Å²) in [6, 6.07) is 13.6. The van der Waals surface area contributed by atoms with Crippen LogP contribution in [0.5, 0.6) is 5.75 Å². The first-order chi connectivity index (χ1) is 11.6. The van der Waals surface area contributed by atoms with E-state index in [9.17, 15) is 9.59 Å². The first-order valence-corrected chi connectivity index (χ1v) is 7.46. The topological polar surface area (TPSA) is 79.8 Å². The third-order valence-corrected chi connectivity index (χ3v) is 3.29. The first-order valence-electron chi connectivity index (χ1n) is 7.08. The number of carbonyl (C=O) groups is 2. The molecule has 24 heavy (non-hydrogen) atoms. The van der Waals surface area contributed by atoms with Crippen LogP contribution >= 0.6 is 11.6 Å². The van der Waals surface area contributed by atoms with Crippen molar-refractivity contribution >= 4 is 29.6 Å². The SMILES string of the molecule is COc1ccc(/C=N/NC(=O)CNC(=O)c2ccc(Cl)cc2)cc1. The molecule has 7 heteroatoms. The maximum absolute atomic E-state index is 11.8. The normalized spacial score (nSPS) is 10.4. The van der Waals surface area contributed by atoms with Crippen molar-refractivity contribution in [2.45, 2.75) is 0 Å². The van der Waals surface area contributed by atoms with Gasteiger partial charge in [-0.1, -0.05) is 11.6 Å². The second kappa shape index (κ2) is 8.69. The van der Waals surface area contributed by atoms with Crippen LogP contribution in [0.15, 0.2) is 53.6 Å². The van der Waals surface area contributed by atoms with E-state index in [-0.39, 0.29) is 12.5 Å². The first kappa shape index (κ1) is 17.5. The number of amides is 2. The van der Waals surface area contributed by atoms with Gasteiger partial charge in [0.05, 0.1) is 19.9 Å². The average molecular weight is 346 g/mol. The summed E-state index contributed by atoms with van der Waals surface area (Å²) in [5, 5.41) is 6.86. The standard InChI is InChI=1S/C17H16ClN3O3/c1-24-15-8-2-12(3-9-15)10-20-21-16(22)11-19-17(23)13-4-6-14(18)7-5-13/h2-10H,11H2,1H3,(H,19,23)(H,21,22)/b20-10+. The maximum Gasteiger partial charge on any atom is 0.259 e. The summed E-state index contributed by atoms with van der Waals surface area (Å²) in [6.07, 6.45) is 1.50. The van der Waals surface area contributed by atoms with E-state index < -0.39 is 5.91 Å². The number of hydrazone groups is 1. The highest BCUT2D eigenvalue weighted by Crippen LogP contribution is 2.10. The minimum absolute atomic E-state index is 0.179. The van der Waals surface area contributed by atoms with Gasteiger partial charge in [-0.15, -0.1) is 0 Å². The smallest absolute Gasteiger partial charge is 0.259 e.